The second kappa shape index (κ2) is 14.8. The van der Waals surface area contributed by atoms with Gasteiger partial charge in [-0.1, -0.05) is 43.2 Å². The highest BCUT2D eigenvalue weighted by Gasteiger charge is 2.42. The maximum atomic E-state index is 14.1. The molecule has 1 aromatic carbocycles. The van der Waals surface area contributed by atoms with E-state index in [2.05, 4.69) is 10.3 Å². The number of benzene rings is 1. The highest BCUT2D eigenvalue weighted by molar-refractivity contribution is 5.98. The summed E-state index contributed by atoms with van der Waals surface area (Å²) in [6.45, 7) is 2.47. The van der Waals surface area contributed by atoms with Crippen LogP contribution in [-0.2, 0) is 4.74 Å². The van der Waals surface area contributed by atoms with E-state index in [-0.39, 0.29) is 49.4 Å². The monoisotopic (exact) mass is 607 g/mol. The molecule has 0 spiro atoms. The van der Waals surface area contributed by atoms with Crippen LogP contribution in [0.15, 0.2) is 61.2 Å². The summed E-state index contributed by atoms with van der Waals surface area (Å²) >= 11 is 0. The van der Waals surface area contributed by atoms with Gasteiger partial charge in [0.1, 0.15) is 5.60 Å². The summed E-state index contributed by atoms with van der Waals surface area (Å²) in [6.07, 6.45) is 8.43. The normalized spacial score (nSPS) is 22.3. The summed E-state index contributed by atoms with van der Waals surface area (Å²) in [5.41, 5.74) is 0.954. The van der Waals surface area contributed by atoms with Crippen molar-refractivity contribution in [2.75, 3.05) is 40.0 Å². The first kappa shape index (κ1) is 32.6. The molecular weight excluding hydrogens is 569 g/mol. The maximum Gasteiger partial charge on any atom is 0.275 e. The lowest BCUT2D eigenvalue weighted by molar-refractivity contribution is -0.605. The van der Waals surface area contributed by atoms with E-state index in [9.17, 15) is 15.1 Å². The molecule has 1 aliphatic heterocycles. The lowest BCUT2D eigenvalue weighted by atomic mass is 9.80. The van der Waals surface area contributed by atoms with Gasteiger partial charge in [0.15, 0.2) is 17.6 Å². The molecule has 224 valence electrons. The number of hydrogen-bond donors (Lipinski definition) is 2. The number of imidazole rings is 1. The summed E-state index contributed by atoms with van der Waals surface area (Å²) in [6, 6.07) is 12.8. The highest BCUT2D eigenvalue weighted by Crippen LogP contribution is 2.41. The quantitative estimate of drug-likeness (QED) is 0.283. The second-order valence-electron chi connectivity index (χ2n) is 10.4. The molecule has 3 atom stereocenters. The van der Waals surface area contributed by atoms with Gasteiger partial charge in [-0.05, 0) is 18.9 Å². The number of ether oxygens (including phenoxy) is 2. The smallest absolute Gasteiger partial charge is 0.275 e. The Morgan fingerprint density at radius 1 is 1.22 bits per heavy atom. The fourth-order valence-corrected chi connectivity index (χ4v) is 5.91. The molecule has 2 aromatic heterocycles. The van der Waals surface area contributed by atoms with Crippen LogP contribution in [0.25, 0.3) is 11.3 Å². The van der Waals surface area contributed by atoms with E-state index in [1.807, 2.05) is 39.8 Å². The number of carbonyl (C=O) groups excluding carboxylic acids is 1. The van der Waals surface area contributed by atoms with Crippen molar-refractivity contribution < 1.29 is 24.1 Å². The van der Waals surface area contributed by atoms with Crippen LogP contribution in [0, 0.1) is 5.21 Å². The molecule has 2 aliphatic rings. The number of aliphatic hydroxyl groups is 1. The Morgan fingerprint density at radius 2 is 2.02 bits per heavy atom. The van der Waals surface area contributed by atoms with Crippen molar-refractivity contribution in [3.8, 4) is 17.0 Å². The number of aromatic nitrogens is 3. The molecule has 12 heteroatoms. The van der Waals surface area contributed by atoms with Crippen molar-refractivity contribution in [2.45, 2.75) is 49.8 Å². The van der Waals surface area contributed by atoms with Crippen LogP contribution in [-0.4, -0.2) is 77.1 Å². The first-order valence-electron chi connectivity index (χ1n) is 13.7. The number of pyridine rings is 1. The molecule has 1 aliphatic carbocycles. The Balaban J connectivity index is 0.00000231. The van der Waals surface area contributed by atoms with Gasteiger partial charge in [-0.3, -0.25) is 4.79 Å². The summed E-state index contributed by atoms with van der Waals surface area (Å²) in [4.78, 5) is 20.7. The number of methoxy groups -OCH3 is 1. The van der Waals surface area contributed by atoms with E-state index in [1.54, 1.807) is 25.6 Å². The minimum Gasteiger partial charge on any atom is -0.619 e. The van der Waals surface area contributed by atoms with Gasteiger partial charge in [0.05, 0.1) is 31.3 Å². The van der Waals surface area contributed by atoms with Gasteiger partial charge >= 0.3 is 0 Å². The average molecular weight is 609 g/mol. The molecule has 1 saturated heterocycles. The maximum absolute atomic E-state index is 14.1. The van der Waals surface area contributed by atoms with E-state index in [4.69, 9.17) is 9.47 Å². The summed E-state index contributed by atoms with van der Waals surface area (Å²) in [7, 11) is 1.61. The summed E-state index contributed by atoms with van der Waals surface area (Å²) < 4.78 is 13.9. The van der Waals surface area contributed by atoms with Crippen molar-refractivity contribution >= 4 is 30.7 Å². The molecule has 0 bridgehead atoms. The van der Waals surface area contributed by atoms with Gasteiger partial charge in [-0.15, -0.1) is 24.8 Å². The van der Waals surface area contributed by atoms with Gasteiger partial charge < -0.3 is 34.6 Å². The summed E-state index contributed by atoms with van der Waals surface area (Å²) in [5.74, 6) is 0.359. The van der Waals surface area contributed by atoms with Crippen molar-refractivity contribution in [1.29, 1.82) is 0 Å². The fourth-order valence-electron chi connectivity index (χ4n) is 5.91. The number of nitrogens with one attached hydrogen (secondary N) is 1. The molecule has 0 unspecified atom stereocenters. The van der Waals surface area contributed by atoms with Gasteiger partial charge in [-0.25, -0.2) is 4.98 Å². The van der Waals surface area contributed by atoms with E-state index >= 15 is 0 Å². The van der Waals surface area contributed by atoms with Crippen molar-refractivity contribution in [1.82, 2.24) is 19.8 Å². The topological polar surface area (TPSA) is 116 Å². The third-order valence-corrected chi connectivity index (χ3v) is 7.81. The number of nitrogens with zero attached hydrogens (tertiary/aromatic N) is 4. The predicted molar refractivity (Wildman–Crippen MR) is 160 cm³/mol. The molecule has 41 heavy (non-hydrogen) atoms. The van der Waals surface area contributed by atoms with E-state index in [1.165, 1.54) is 12.4 Å². The summed E-state index contributed by atoms with van der Waals surface area (Å²) in [5, 5.41) is 26.5. The number of piperazine rings is 1. The first-order valence-corrected chi connectivity index (χ1v) is 13.7. The van der Waals surface area contributed by atoms with Crippen LogP contribution < -0.4 is 14.8 Å². The minimum absolute atomic E-state index is 0. The standard InChI is InChI=1S/C29H37N5O5.2ClH/c1-38-20-29(36)13-6-5-11-25(29)34-21-31-26(27(34)22-8-3-2-4-9-22)28(35)33-16-14-30-18-23(33)12-17-39-24-10-7-15-32(37)19-24;;/h2-4,7-10,15,19,21,23,25,30,36H,5-6,11-14,16-18,20H2,1H3;2*1H/t23-,25-,29-;;/m1../s1. The predicted octanol–water partition coefficient (Wildman–Crippen LogP) is 3.40. The van der Waals surface area contributed by atoms with E-state index in [0.29, 0.717) is 55.3 Å². The van der Waals surface area contributed by atoms with Gasteiger partial charge in [0.2, 0.25) is 6.20 Å². The molecule has 3 heterocycles. The third kappa shape index (κ3) is 7.31. The molecule has 2 fully saturated rings. The number of carbonyl (C=O) groups is 1. The molecule has 10 nitrogen and oxygen atoms in total. The van der Waals surface area contributed by atoms with Crippen molar-refractivity contribution in [3.05, 3.63) is 72.1 Å². The Bertz CT molecular complexity index is 1260. The van der Waals surface area contributed by atoms with Crippen LogP contribution in [0.3, 0.4) is 0 Å². The molecule has 0 radical (unpaired) electrons. The minimum atomic E-state index is -1.04. The van der Waals surface area contributed by atoms with Crippen molar-refractivity contribution in [3.63, 3.8) is 0 Å². The van der Waals surface area contributed by atoms with Crippen LogP contribution in [0.1, 0.15) is 48.6 Å². The third-order valence-electron chi connectivity index (χ3n) is 7.81. The largest absolute Gasteiger partial charge is 0.619 e. The number of halogens is 2. The molecule has 2 N–H and O–H groups in total. The first-order chi connectivity index (χ1) is 19.0. The molecule has 3 aromatic rings. The van der Waals surface area contributed by atoms with Crippen molar-refractivity contribution in [2.24, 2.45) is 0 Å². The van der Waals surface area contributed by atoms with Crippen LogP contribution in [0.4, 0.5) is 0 Å². The van der Waals surface area contributed by atoms with E-state index < -0.39 is 5.60 Å². The number of hydrogen-bond acceptors (Lipinski definition) is 7. The lowest BCUT2D eigenvalue weighted by Crippen LogP contribution is -2.54. The zero-order valence-electron chi connectivity index (χ0n) is 23.2. The van der Waals surface area contributed by atoms with Gasteiger partial charge in [-0.2, -0.15) is 4.73 Å². The second-order valence-corrected chi connectivity index (χ2v) is 10.4. The zero-order chi connectivity index (χ0) is 27.2. The molecular formula is C29H39Cl2N5O5. The highest BCUT2D eigenvalue weighted by atomic mass is 35.5. The lowest BCUT2D eigenvalue weighted by Gasteiger charge is -2.41. The van der Waals surface area contributed by atoms with E-state index in [0.717, 1.165) is 30.5 Å². The Hall–Kier alpha value is -2.89. The Morgan fingerprint density at radius 3 is 2.78 bits per heavy atom. The van der Waals surface area contributed by atoms with Gasteiger partial charge in [0.25, 0.3) is 5.91 Å². The fraction of sp³-hybridized carbons (Fsp3) is 0.483. The number of amides is 1. The Kier molecular flexibility index (Phi) is 11.8. The number of rotatable bonds is 9. The zero-order valence-corrected chi connectivity index (χ0v) is 24.8. The average Bonchev–Trinajstić information content (AvgIpc) is 3.38. The molecule has 1 amide bonds. The van der Waals surface area contributed by atoms with Crippen LogP contribution in [0.5, 0.6) is 5.75 Å². The van der Waals surface area contributed by atoms with Crippen LogP contribution in [0.2, 0.25) is 0 Å². The Labute approximate surface area is 253 Å². The van der Waals surface area contributed by atoms with Crippen LogP contribution >= 0.6 is 24.8 Å². The molecule has 5 rings (SSSR count). The SMILES string of the molecule is COC[C@]1(O)CCCC[C@H]1n1cnc(C(=O)N2CCNC[C@H]2CCOc2ccc[n+]([O-])c2)c1-c1ccccc1.Cl.Cl. The van der Waals surface area contributed by atoms with Gasteiger partial charge in [0, 0.05) is 50.8 Å². The molecule has 1 saturated carbocycles.